The van der Waals surface area contributed by atoms with Crippen molar-refractivity contribution in [3.8, 4) is 5.75 Å². The quantitative estimate of drug-likeness (QED) is 0.377. The highest BCUT2D eigenvalue weighted by Crippen LogP contribution is 2.38. The van der Waals surface area contributed by atoms with Gasteiger partial charge in [0, 0.05) is 31.7 Å². The SMILES string of the molecule is CCNC(=NCc1ccc(OC)cc1C(F)(F)F)N1CCC2(CCOC2)C1.I. The summed E-state index contributed by atoms with van der Waals surface area (Å²) in [6.07, 6.45) is -2.40. The number of guanidine groups is 1. The predicted molar refractivity (Wildman–Crippen MR) is 112 cm³/mol. The highest BCUT2D eigenvalue weighted by atomic mass is 127. The Bertz CT molecular complexity index is 691. The second-order valence-electron chi connectivity index (χ2n) is 7.17. The third-order valence-corrected chi connectivity index (χ3v) is 5.28. The summed E-state index contributed by atoms with van der Waals surface area (Å²) in [7, 11) is 1.35. The van der Waals surface area contributed by atoms with E-state index < -0.39 is 11.7 Å². The van der Waals surface area contributed by atoms with E-state index in [1.807, 2.05) is 6.92 Å². The molecule has 2 fully saturated rings. The summed E-state index contributed by atoms with van der Waals surface area (Å²) in [5.41, 5.74) is -0.409. The molecule has 0 radical (unpaired) electrons. The van der Waals surface area contributed by atoms with Crippen LogP contribution in [-0.4, -0.2) is 50.8 Å². The van der Waals surface area contributed by atoms with Crippen LogP contribution in [0.15, 0.2) is 23.2 Å². The Morgan fingerprint density at radius 3 is 2.75 bits per heavy atom. The molecule has 0 saturated carbocycles. The number of benzene rings is 1. The average Bonchev–Trinajstić information content (AvgIpc) is 3.28. The molecular formula is C19H27F3IN3O2. The molecule has 1 aromatic carbocycles. The van der Waals surface area contributed by atoms with Crippen LogP contribution in [0.3, 0.4) is 0 Å². The number of hydrogen-bond donors (Lipinski definition) is 1. The molecule has 0 bridgehead atoms. The third kappa shape index (κ3) is 5.22. The molecule has 158 valence electrons. The molecule has 9 heteroatoms. The molecule has 0 aliphatic carbocycles. The van der Waals surface area contributed by atoms with Crippen molar-refractivity contribution in [1.82, 2.24) is 10.2 Å². The van der Waals surface area contributed by atoms with E-state index >= 15 is 0 Å². The van der Waals surface area contributed by atoms with E-state index in [1.54, 1.807) is 0 Å². The third-order valence-electron chi connectivity index (χ3n) is 5.28. The van der Waals surface area contributed by atoms with Crippen molar-refractivity contribution < 1.29 is 22.6 Å². The molecule has 5 nitrogen and oxygen atoms in total. The molecule has 1 aromatic rings. The summed E-state index contributed by atoms with van der Waals surface area (Å²) < 4.78 is 50.7. The van der Waals surface area contributed by atoms with Gasteiger partial charge in [0.25, 0.3) is 0 Å². The largest absolute Gasteiger partial charge is 0.497 e. The minimum atomic E-state index is -4.45. The van der Waals surface area contributed by atoms with Gasteiger partial charge in [-0.05, 0) is 37.5 Å². The van der Waals surface area contributed by atoms with Gasteiger partial charge in [0.2, 0.25) is 0 Å². The van der Waals surface area contributed by atoms with Crippen LogP contribution in [0, 0.1) is 5.41 Å². The van der Waals surface area contributed by atoms with Crippen LogP contribution in [0.5, 0.6) is 5.75 Å². The zero-order chi connectivity index (χ0) is 19.5. The highest BCUT2D eigenvalue weighted by Gasteiger charge is 2.42. The summed E-state index contributed by atoms with van der Waals surface area (Å²) in [5, 5.41) is 3.21. The van der Waals surface area contributed by atoms with Crippen molar-refractivity contribution in [2.45, 2.75) is 32.5 Å². The fourth-order valence-corrected chi connectivity index (χ4v) is 3.76. The monoisotopic (exact) mass is 513 g/mol. The number of rotatable bonds is 4. The number of nitrogens with one attached hydrogen (secondary N) is 1. The molecule has 28 heavy (non-hydrogen) atoms. The standard InChI is InChI=1S/C19H26F3N3O2.HI/c1-3-23-17(25-8-6-18(12-25)7-9-27-13-18)24-11-14-4-5-15(26-2)10-16(14)19(20,21)22;/h4-5,10H,3,6-9,11-13H2,1-2H3,(H,23,24);1H. The lowest BCUT2D eigenvalue weighted by Gasteiger charge is -2.25. The molecular weight excluding hydrogens is 486 g/mol. The van der Waals surface area contributed by atoms with Crippen LogP contribution in [0.4, 0.5) is 13.2 Å². The Balaban J connectivity index is 0.00000280. The lowest BCUT2D eigenvalue weighted by atomic mass is 9.87. The minimum absolute atomic E-state index is 0. The van der Waals surface area contributed by atoms with E-state index in [0.717, 1.165) is 45.2 Å². The molecule has 2 aliphatic heterocycles. The molecule has 0 aromatic heterocycles. The second kappa shape index (κ2) is 9.51. The number of hydrogen-bond acceptors (Lipinski definition) is 3. The van der Waals surface area contributed by atoms with Crippen LogP contribution >= 0.6 is 24.0 Å². The number of methoxy groups -OCH3 is 1. The minimum Gasteiger partial charge on any atom is -0.497 e. The van der Waals surface area contributed by atoms with Gasteiger partial charge in [0.05, 0.1) is 25.8 Å². The van der Waals surface area contributed by atoms with Crippen molar-refractivity contribution in [2.75, 3.05) is 40.0 Å². The van der Waals surface area contributed by atoms with Crippen molar-refractivity contribution in [3.05, 3.63) is 29.3 Å². The predicted octanol–water partition coefficient (Wildman–Crippen LogP) is 3.91. The Morgan fingerprint density at radius 2 is 2.14 bits per heavy atom. The molecule has 1 N–H and O–H groups in total. The van der Waals surface area contributed by atoms with Crippen molar-refractivity contribution in [2.24, 2.45) is 10.4 Å². The molecule has 2 aliphatic rings. The van der Waals surface area contributed by atoms with Crippen LogP contribution in [0.1, 0.15) is 30.9 Å². The van der Waals surface area contributed by atoms with Crippen LogP contribution < -0.4 is 10.1 Å². The Labute approximate surface area is 180 Å². The number of alkyl halides is 3. The number of aliphatic imine (C=N–C) groups is 1. The molecule has 2 heterocycles. The summed E-state index contributed by atoms with van der Waals surface area (Å²) in [6.45, 7) is 5.77. The Hall–Kier alpha value is -1.23. The fourth-order valence-electron chi connectivity index (χ4n) is 3.76. The maximum absolute atomic E-state index is 13.4. The van der Waals surface area contributed by atoms with Gasteiger partial charge < -0.3 is 19.7 Å². The average molecular weight is 513 g/mol. The zero-order valence-electron chi connectivity index (χ0n) is 16.1. The maximum Gasteiger partial charge on any atom is 0.416 e. The fraction of sp³-hybridized carbons (Fsp3) is 0.632. The molecule has 1 spiro atoms. The summed E-state index contributed by atoms with van der Waals surface area (Å²) in [5.74, 6) is 0.842. The van der Waals surface area contributed by atoms with Gasteiger partial charge in [-0.1, -0.05) is 6.07 Å². The van der Waals surface area contributed by atoms with Gasteiger partial charge in [-0.2, -0.15) is 13.2 Å². The van der Waals surface area contributed by atoms with Gasteiger partial charge in [0.15, 0.2) is 5.96 Å². The Kier molecular flexibility index (Phi) is 7.83. The number of likely N-dealkylation sites (tertiary alicyclic amines) is 1. The van der Waals surface area contributed by atoms with Crippen molar-refractivity contribution >= 4 is 29.9 Å². The van der Waals surface area contributed by atoms with E-state index in [9.17, 15) is 13.2 Å². The topological polar surface area (TPSA) is 46.1 Å². The van der Waals surface area contributed by atoms with Gasteiger partial charge in [-0.25, -0.2) is 4.99 Å². The zero-order valence-corrected chi connectivity index (χ0v) is 18.5. The maximum atomic E-state index is 13.4. The summed E-state index contributed by atoms with van der Waals surface area (Å²) in [4.78, 5) is 6.63. The second-order valence-corrected chi connectivity index (χ2v) is 7.17. The highest BCUT2D eigenvalue weighted by molar-refractivity contribution is 14.0. The van der Waals surface area contributed by atoms with E-state index in [1.165, 1.54) is 19.2 Å². The van der Waals surface area contributed by atoms with Crippen molar-refractivity contribution in [1.29, 1.82) is 0 Å². The Morgan fingerprint density at radius 1 is 1.36 bits per heavy atom. The van der Waals surface area contributed by atoms with Gasteiger partial charge in [-0.15, -0.1) is 24.0 Å². The first-order valence-corrected chi connectivity index (χ1v) is 9.22. The van der Waals surface area contributed by atoms with E-state index in [4.69, 9.17) is 9.47 Å². The van der Waals surface area contributed by atoms with E-state index in [2.05, 4.69) is 15.2 Å². The number of nitrogens with zero attached hydrogens (tertiary/aromatic N) is 2. The number of halogens is 4. The first kappa shape index (κ1) is 23.1. The normalized spacial score (nSPS) is 22.5. The first-order chi connectivity index (χ1) is 12.9. The first-order valence-electron chi connectivity index (χ1n) is 9.22. The molecule has 1 unspecified atom stereocenters. The molecule has 1 atom stereocenters. The van der Waals surface area contributed by atoms with Crippen LogP contribution in [0.2, 0.25) is 0 Å². The van der Waals surface area contributed by atoms with Gasteiger partial charge >= 0.3 is 6.18 Å². The van der Waals surface area contributed by atoms with Gasteiger partial charge in [0.1, 0.15) is 5.75 Å². The molecule has 2 saturated heterocycles. The number of ether oxygens (including phenoxy) is 2. The van der Waals surface area contributed by atoms with E-state index in [0.29, 0.717) is 12.5 Å². The smallest absolute Gasteiger partial charge is 0.416 e. The van der Waals surface area contributed by atoms with Crippen molar-refractivity contribution in [3.63, 3.8) is 0 Å². The lowest BCUT2D eigenvalue weighted by molar-refractivity contribution is -0.138. The van der Waals surface area contributed by atoms with E-state index in [-0.39, 0.29) is 47.2 Å². The van der Waals surface area contributed by atoms with Crippen LogP contribution in [0.25, 0.3) is 0 Å². The van der Waals surface area contributed by atoms with Crippen LogP contribution in [-0.2, 0) is 17.5 Å². The summed E-state index contributed by atoms with van der Waals surface area (Å²) in [6, 6.07) is 4.00. The lowest BCUT2D eigenvalue weighted by Crippen LogP contribution is -2.41. The molecule has 0 amide bonds. The summed E-state index contributed by atoms with van der Waals surface area (Å²) >= 11 is 0. The molecule has 3 rings (SSSR count). The van der Waals surface area contributed by atoms with Gasteiger partial charge in [-0.3, -0.25) is 0 Å².